The van der Waals surface area contributed by atoms with E-state index in [1.807, 2.05) is 0 Å². The lowest BCUT2D eigenvalue weighted by atomic mass is 10.1. The molecule has 0 spiro atoms. The maximum Gasteiger partial charge on any atom is 0.175 e. The predicted octanol–water partition coefficient (Wildman–Crippen LogP) is 3.69. The van der Waals surface area contributed by atoms with E-state index in [-0.39, 0.29) is 4.90 Å². The topological polar surface area (TPSA) is 69.4 Å². The SMILES string of the molecule is CS(=O)(=O)c1ccc(Oc2ccc(Cl)c(Cl)c2)c(CCN)c1. The maximum atomic E-state index is 11.6. The van der Waals surface area contributed by atoms with Crippen molar-refractivity contribution in [3.05, 3.63) is 52.0 Å². The fourth-order valence-electron chi connectivity index (χ4n) is 1.90. The second-order valence-electron chi connectivity index (χ2n) is 4.76. The first-order valence-electron chi connectivity index (χ1n) is 6.47. The van der Waals surface area contributed by atoms with Crippen molar-refractivity contribution in [3.63, 3.8) is 0 Å². The summed E-state index contributed by atoms with van der Waals surface area (Å²) in [6, 6.07) is 9.61. The first-order valence-corrected chi connectivity index (χ1v) is 9.12. The van der Waals surface area contributed by atoms with E-state index in [0.29, 0.717) is 34.5 Å². The Hall–Kier alpha value is -1.27. The van der Waals surface area contributed by atoms with E-state index in [1.165, 1.54) is 6.07 Å². The second kappa shape index (κ2) is 6.87. The molecule has 4 nitrogen and oxygen atoms in total. The molecular weight excluding hydrogens is 345 g/mol. The Morgan fingerprint density at radius 3 is 2.41 bits per heavy atom. The van der Waals surface area contributed by atoms with Gasteiger partial charge in [-0.05, 0) is 48.9 Å². The van der Waals surface area contributed by atoms with Crippen LogP contribution in [0.1, 0.15) is 5.56 Å². The lowest BCUT2D eigenvalue weighted by Crippen LogP contribution is -2.06. The molecule has 0 aliphatic carbocycles. The molecule has 0 saturated carbocycles. The van der Waals surface area contributed by atoms with Crippen molar-refractivity contribution in [3.8, 4) is 11.5 Å². The average molecular weight is 360 g/mol. The molecule has 0 unspecified atom stereocenters. The van der Waals surface area contributed by atoms with Gasteiger partial charge in [-0.1, -0.05) is 23.2 Å². The van der Waals surface area contributed by atoms with Crippen LogP contribution in [0, 0.1) is 0 Å². The zero-order valence-electron chi connectivity index (χ0n) is 11.8. The molecule has 0 saturated heterocycles. The summed E-state index contributed by atoms with van der Waals surface area (Å²) in [4.78, 5) is 0.234. The summed E-state index contributed by atoms with van der Waals surface area (Å²) in [5, 5.41) is 0.816. The van der Waals surface area contributed by atoms with E-state index in [0.717, 1.165) is 11.8 Å². The van der Waals surface area contributed by atoms with Crippen molar-refractivity contribution in [2.45, 2.75) is 11.3 Å². The van der Waals surface area contributed by atoms with Crippen LogP contribution in [0.2, 0.25) is 10.0 Å². The molecule has 0 amide bonds. The number of nitrogens with two attached hydrogens (primary N) is 1. The molecule has 0 heterocycles. The minimum atomic E-state index is -3.28. The zero-order valence-corrected chi connectivity index (χ0v) is 14.2. The number of hydrogen-bond donors (Lipinski definition) is 1. The summed E-state index contributed by atoms with van der Waals surface area (Å²) < 4.78 is 29.0. The molecular formula is C15H15Cl2NO3S. The molecule has 118 valence electrons. The van der Waals surface area contributed by atoms with E-state index in [1.54, 1.807) is 30.3 Å². The molecule has 0 aromatic heterocycles. The highest BCUT2D eigenvalue weighted by molar-refractivity contribution is 7.90. The van der Waals surface area contributed by atoms with Gasteiger partial charge in [0.2, 0.25) is 0 Å². The Morgan fingerprint density at radius 1 is 1.09 bits per heavy atom. The van der Waals surface area contributed by atoms with Gasteiger partial charge in [0.25, 0.3) is 0 Å². The summed E-state index contributed by atoms with van der Waals surface area (Å²) in [6.45, 7) is 0.380. The van der Waals surface area contributed by atoms with Gasteiger partial charge in [0.15, 0.2) is 9.84 Å². The number of sulfone groups is 1. The smallest absolute Gasteiger partial charge is 0.175 e. The lowest BCUT2D eigenvalue weighted by Gasteiger charge is -2.12. The predicted molar refractivity (Wildman–Crippen MR) is 88.8 cm³/mol. The van der Waals surface area contributed by atoms with E-state index >= 15 is 0 Å². The fraction of sp³-hybridized carbons (Fsp3) is 0.200. The molecule has 0 radical (unpaired) electrons. The van der Waals surface area contributed by atoms with Crippen molar-refractivity contribution in [2.75, 3.05) is 12.8 Å². The van der Waals surface area contributed by atoms with Crippen LogP contribution in [0.4, 0.5) is 0 Å². The fourth-order valence-corrected chi connectivity index (χ4v) is 2.86. The van der Waals surface area contributed by atoms with Gasteiger partial charge in [-0.2, -0.15) is 0 Å². The highest BCUT2D eigenvalue weighted by atomic mass is 35.5. The van der Waals surface area contributed by atoms with Crippen molar-refractivity contribution < 1.29 is 13.2 Å². The van der Waals surface area contributed by atoms with E-state index in [9.17, 15) is 8.42 Å². The number of hydrogen-bond acceptors (Lipinski definition) is 4. The molecule has 2 aromatic carbocycles. The molecule has 2 rings (SSSR count). The summed E-state index contributed by atoms with van der Waals surface area (Å²) in [6.07, 6.45) is 1.66. The van der Waals surface area contributed by atoms with Crippen LogP contribution in [0.25, 0.3) is 0 Å². The number of benzene rings is 2. The van der Waals surface area contributed by atoms with Gasteiger partial charge in [0.05, 0.1) is 14.9 Å². The Balaban J connectivity index is 2.39. The third-order valence-corrected chi connectivity index (χ3v) is 4.84. The first kappa shape index (κ1) is 17.1. The molecule has 2 N–H and O–H groups in total. The lowest BCUT2D eigenvalue weighted by molar-refractivity contribution is 0.475. The van der Waals surface area contributed by atoms with E-state index < -0.39 is 9.84 Å². The number of halogens is 2. The molecule has 2 aromatic rings. The van der Waals surface area contributed by atoms with Gasteiger partial charge < -0.3 is 10.5 Å². The third-order valence-electron chi connectivity index (χ3n) is 2.99. The van der Waals surface area contributed by atoms with Crippen LogP contribution in [0.15, 0.2) is 41.3 Å². The van der Waals surface area contributed by atoms with Gasteiger partial charge in [-0.25, -0.2) is 8.42 Å². The molecule has 0 aliphatic heterocycles. The summed E-state index contributed by atoms with van der Waals surface area (Å²) >= 11 is 11.8. The van der Waals surface area contributed by atoms with Crippen LogP contribution >= 0.6 is 23.2 Å². The Labute approximate surface area is 139 Å². The highest BCUT2D eigenvalue weighted by Crippen LogP contribution is 2.32. The Kier molecular flexibility index (Phi) is 5.34. The normalized spacial score (nSPS) is 11.5. The van der Waals surface area contributed by atoms with Crippen LogP contribution in [-0.2, 0) is 16.3 Å². The van der Waals surface area contributed by atoms with Gasteiger partial charge >= 0.3 is 0 Å². The van der Waals surface area contributed by atoms with Gasteiger partial charge in [0.1, 0.15) is 11.5 Å². The van der Waals surface area contributed by atoms with Crippen molar-refractivity contribution >= 4 is 33.0 Å². The van der Waals surface area contributed by atoms with Crippen molar-refractivity contribution in [2.24, 2.45) is 5.73 Å². The second-order valence-corrected chi connectivity index (χ2v) is 7.59. The van der Waals surface area contributed by atoms with Crippen LogP contribution in [-0.4, -0.2) is 21.2 Å². The van der Waals surface area contributed by atoms with Gasteiger partial charge in [-0.3, -0.25) is 0 Å². The Morgan fingerprint density at radius 2 is 1.82 bits per heavy atom. The molecule has 0 atom stereocenters. The first-order chi connectivity index (χ1) is 10.3. The average Bonchev–Trinajstić information content (AvgIpc) is 2.44. The Bertz CT molecular complexity index is 791. The quantitative estimate of drug-likeness (QED) is 0.883. The molecule has 22 heavy (non-hydrogen) atoms. The monoisotopic (exact) mass is 359 g/mol. The standard InChI is InChI=1S/C15H15Cl2NO3S/c1-22(19,20)12-3-5-15(10(8-12)6-7-18)21-11-2-4-13(16)14(17)9-11/h2-5,8-9H,6-7,18H2,1H3. The zero-order chi connectivity index (χ0) is 16.3. The largest absolute Gasteiger partial charge is 0.457 e. The van der Waals surface area contributed by atoms with Gasteiger partial charge in [0, 0.05) is 12.3 Å². The summed E-state index contributed by atoms with van der Waals surface area (Å²) in [5.74, 6) is 1.05. The molecule has 0 aliphatic rings. The summed E-state index contributed by atoms with van der Waals surface area (Å²) in [5.41, 5.74) is 6.30. The molecule has 7 heteroatoms. The van der Waals surface area contributed by atoms with E-state index in [2.05, 4.69) is 0 Å². The van der Waals surface area contributed by atoms with Crippen LogP contribution < -0.4 is 10.5 Å². The van der Waals surface area contributed by atoms with Crippen molar-refractivity contribution in [1.29, 1.82) is 0 Å². The van der Waals surface area contributed by atoms with E-state index in [4.69, 9.17) is 33.7 Å². The summed E-state index contributed by atoms with van der Waals surface area (Å²) in [7, 11) is -3.28. The molecule has 0 bridgehead atoms. The third kappa shape index (κ3) is 4.14. The van der Waals surface area contributed by atoms with Crippen LogP contribution in [0.5, 0.6) is 11.5 Å². The number of ether oxygens (including phenoxy) is 1. The number of rotatable bonds is 5. The highest BCUT2D eigenvalue weighted by Gasteiger charge is 2.12. The van der Waals surface area contributed by atoms with Gasteiger partial charge in [-0.15, -0.1) is 0 Å². The molecule has 0 fully saturated rings. The van der Waals surface area contributed by atoms with Crippen LogP contribution in [0.3, 0.4) is 0 Å². The minimum absolute atomic E-state index is 0.234. The minimum Gasteiger partial charge on any atom is -0.457 e. The maximum absolute atomic E-state index is 11.6. The van der Waals surface area contributed by atoms with Crippen molar-refractivity contribution in [1.82, 2.24) is 0 Å².